The van der Waals surface area contributed by atoms with Crippen LogP contribution < -0.4 is 10.6 Å². The van der Waals surface area contributed by atoms with Gasteiger partial charge in [-0.15, -0.1) is 0 Å². The van der Waals surface area contributed by atoms with Crippen molar-refractivity contribution in [1.29, 1.82) is 0 Å². The molecule has 1 saturated heterocycles. The Morgan fingerprint density at radius 1 is 1.04 bits per heavy atom. The summed E-state index contributed by atoms with van der Waals surface area (Å²) in [4.78, 5) is 25.1. The predicted octanol–water partition coefficient (Wildman–Crippen LogP) is 1.73. The number of aromatic nitrogens is 6. The van der Waals surface area contributed by atoms with Gasteiger partial charge < -0.3 is 19.9 Å². The van der Waals surface area contributed by atoms with Crippen molar-refractivity contribution in [3.8, 4) is 11.4 Å². The minimum atomic E-state index is -0.453. The van der Waals surface area contributed by atoms with Gasteiger partial charge in [0.2, 0.25) is 5.95 Å². The molecular formula is C18H22N8O. The van der Waals surface area contributed by atoms with Gasteiger partial charge in [0, 0.05) is 32.0 Å². The fourth-order valence-electron chi connectivity index (χ4n) is 3.85. The van der Waals surface area contributed by atoms with Crippen molar-refractivity contribution >= 4 is 22.9 Å². The molecule has 0 bridgehead atoms. The number of nitrogens with two attached hydrogens (primary N) is 1. The second-order valence-corrected chi connectivity index (χ2v) is 7.51. The number of imidazole rings is 1. The molecule has 3 aromatic rings. The van der Waals surface area contributed by atoms with Gasteiger partial charge in [-0.3, -0.25) is 0 Å². The summed E-state index contributed by atoms with van der Waals surface area (Å²) >= 11 is 0. The zero-order chi connectivity index (χ0) is 18.6. The van der Waals surface area contributed by atoms with E-state index in [1.807, 2.05) is 13.8 Å². The molecule has 2 N–H and O–H groups in total. The molecule has 5 rings (SSSR count). The van der Waals surface area contributed by atoms with Gasteiger partial charge >= 0.3 is 0 Å². The standard InChI is InChI=1S/C18H22N8O/c1-18(2)16-22-12-14(25-5-3-4-6-25)23-13(11-9-20-17(19)21-10-11)24-15(12)26(16)7-8-27-18/h9-10H,3-8H2,1-2H3,(H2,19,20,21). The van der Waals surface area contributed by atoms with E-state index in [-0.39, 0.29) is 5.95 Å². The molecule has 0 amide bonds. The molecule has 1 fully saturated rings. The van der Waals surface area contributed by atoms with Crippen LogP contribution in [-0.2, 0) is 16.9 Å². The molecule has 0 radical (unpaired) electrons. The lowest BCUT2D eigenvalue weighted by molar-refractivity contribution is -0.0530. The third kappa shape index (κ3) is 2.61. The van der Waals surface area contributed by atoms with Crippen molar-refractivity contribution in [3.63, 3.8) is 0 Å². The molecule has 0 spiro atoms. The van der Waals surface area contributed by atoms with Gasteiger partial charge in [0.05, 0.1) is 12.2 Å². The third-order valence-corrected chi connectivity index (χ3v) is 5.23. The minimum absolute atomic E-state index is 0.236. The normalized spacial score (nSPS) is 18.8. The quantitative estimate of drug-likeness (QED) is 0.730. The van der Waals surface area contributed by atoms with E-state index in [1.54, 1.807) is 12.4 Å². The van der Waals surface area contributed by atoms with Crippen LogP contribution in [0.15, 0.2) is 12.4 Å². The largest absolute Gasteiger partial charge is 0.368 e. The van der Waals surface area contributed by atoms with Crippen LogP contribution in [0.3, 0.4) is 0 Å². The van der Waals surface area contributed by atoms with Crippen molar-refractivity contribution in [3.05, 3.63) is 18.2 Å². The van der Waals surface area contributed by atoms with E-state index in [0.717, 1.165) is 60.8 Å². The van der Waals surface area contributed by atoms with E-state index in [4.69, 9.17) is 25.4 Å². The number of rotatable bonds is 2. The van der Waals surface area contributed by atoms with Crippen LogP contribution in [0, 0.1) is 0 Å². The Balaban J connectivity index is 1.76. The highest BCUT2D eigenvalue weighted by Crippen LogP contribution is 2.35. The van der Waals surface area contributed by atoms with E-state index in [0.29, 0.717) is 12.4 Å². The summed E-state index contributed by atoms with van der Waals surface area (Å²) in [6.45, 7) is 7.40. The third-order valence-electron chi connectivity index (χ3n) is 5.23. The molecule has 0 aliphatic carbocycles. The highest BCUT2D eigenvalue weighted by molar-refractivity contribution is 5.86. The Labute approximate surface area is 156 Å². The number of ether oxygens (including phenoxy) is 1. The van der Waals surface area contributed by atoms with Crippen molar-refractivity contribution in [2.75, 3.05) is 30.3 Å². The van der Waals surface area contributed by atoms with E-state index < -0.39 is 5.60 Å². The van der Waals surface area contributed by atoms with Gasteiger partial charge in [-0.2, -0.15) is 0 Å². The molecule has 9 nitrogen and oxygen atoms in total. The second-order valence-electron chi connectivity index (χ2n) is 7.51. The zero-order valence-electron chi connectivity index (χ0n) is 15.5. The van der Waals surface area contributed by atoms with Crippen LogP contribution >= 0.6 is 0 Å². The van der Waals surface area contributed by atoms with E-state index in [1.165, 1.54) is 0 Å². The van der Waals surface area contributed by atoms with E-state index in [9.17, 15) is 0 Å². The molecule has 0 saturated carbocycles. The number of nitrogen functional groups attached to an aromatic ring is 1. The monoisotopic (exact) mass is 366 g/mol. The molecule has 0 unspecified atom stereocenters. The fourth-order valence-corrected chi connectivity index (χ4v) is 3.85. The molecule has 140 valence electrons. The lowest BCUT2D eigenvalue weighted by Crippen LogP contribution is -2.33. The van der Waals surface area contributed by atoms with Crippen LogP contribution in [0.5, 0.6) is 0 Å². The summed E-state index contributed by atoms with van der Waals surface area (Å²) < 4.78 is 8.09. The lowest BCUT2D eigenvalue weighted by Gasteiger charge is -2.30. The molecule has 5 heterocycles. The van der Waals surface area contributed by atoms with Gasteiger partial charge in [-0.05, 0) is 26.7 Å². The molecule has 27 heavy (non-hydrogen) atoms. The molecule has 0 aromatic carbocycles. The topological polar surface area (TPSA) is 108 Å². The fraction of sp³-hybridized carbons (Fsp3) is 0.500. The summed E-state index contributed by atoms with van der Waals surface area (Å²) in [5, 5.41) is 0. The number of hydrogen-bond acceptors (Lipinski definition) is 8. The number of nitrogens with zero attached hydrogens (tertiary/aromatic N) is 7. The molecule has 2 aliphatic rings. The average molecular weight is 366 g/mol. The first-order valence-electron chi connectivity index (χ1n) is 9.28. The Morgan fingerprint density at radius 3 is 2.52 bits per heavy atom. The predicted molar refractivity (Wildman–Crippen MR) is 101 cm³/mol. The highest BCUT2D eigenvalue weighted by Gasteiger charge is 2.34. The maximum atomic E-state index is 5.94. The summed E-state index contributed by atoms with van der Waals surface area (Å²) in [5.41, 5.74) is 7.60. The van der Waals surface area contributed by atoms with Crippen molar-refractivity contribution in [1.82, 2.24) is 29.5 Å². The van der Waals surface area contributed by atoms with Crippen LogP contribution in [0.1, 0.15) is 32.5 Å². The van der Waals surface area contributed by atoms with Gasteiger partial charge in [-0.1, -0.05) is 0 Å². The SMILES string of the molecule is CC1(C)OCCn2c1nc1c(N3CCCC3)nc(-c3cnc(N)nc3)nc12. The first kappa shape index (κ1) is 16.4. The average Bonchev–Trinajstić information content (AvgIpc) is 3.30. The van der Waals surface area contributed by atoms with Crippen LogP contribution in [0.25, 0.3) is 22.6 Å². The van der Waals surface area contributed by atoms with Crippen LogP contribution in [0.2, 0.25) is 0 Å². The molecule has 9 heteroatoms. The Hall–Kier alpha value is -2.81. The summed E-state index contributed by atoms with van der Waals surface area (Å²) in [5.74, 6) is 2.60. The summed E-state index contributed by atoms with van der Waals surface area (Å²) in [6.07, 6.45) is 5.65. The van der Waals surface area contributed by atoms with Crippen LogP contribution in [-0.4, -0.2) is 49.2 Å². The van der Waals surface area contributed by atoms with Gasteiger partial charge in [0.15, 0.2) is 22.8 Å². The van der Waals surface area contributed by atoms with Gasteiger partial charge in [-0.25, -0.2) is 24.9 Å². The van der Waals surface area contributed by atoms with E-state index in [2.05, 4.69) is 19.4 Å². The van der Waals surface area contributed by atoms with Crippen molar-refractivity contribution < 1.29 is 4.74 Å². The molecular weight excluding hydrogens is 344 g/mol. The summed E-state index contributed by atoms with van der Waals surface area (Å²) in [7, 11) is 0. The molecule has 0 atom stereocenters. The first-order valence-corrected chi connectivity index (χ1v) is 9.28. The first-order chi connectivity index (χ1) is 13.0. The minimum Gasteiger partial charge on any atom is -0.368 e. The number of fused-ring (bicyclic) bond motifs is 3. The van der Waals surface area contributed by atoms with Gasteiger partial charge in [0.1, 0.15) is 11.4 Å². The molecule has 3 aromatic heterocycles. The Morgan fingerprint density at radius 2 is 1.78 bits per heavy atom. The molecule has 2 aliphatic heterocycles. The number of hydrogen-bond donors (Lipinski definition) is 1. The van der Waals surface area contributed by atoms with Crippen molar-refractivity contribution in [2.24, 2.45) is 0 Å². The second kappa shape index (κ2) is 5.85. The zero-order valence-corrected chi connectivity index (χ0v) is 15.5. The number of anilines is 2. The maximum absolute atomic E-state index is 5.94. The van der Waals surface area contributed by atoms with Crippen LogP contribution in [0.4, 0.5) is 11.8 Å². The lowest BCUT2D eigenvalue weighted by atomic mass is 10.1. The smallest absolute Gasteiger partial charge is 0.219 e. The maximum Gasteiger partial charge on any atom is 0.219 e. The Kier molecular flexibility index (Phi) is 3.55. The van der Waals surface area contributed by atoms with Gasteiger partial charge in [0.25, 0.3) is 0 Å². The Bertz CT molecular complexity index is 1000. The summed E-state index contributed by atoms with van der Waals surface area (Å²) in [6, 6.07) is 0. The van der Waals surface area contributed by atoms with Crippen molar-refractivity contribution in [2.45, 2.75) is 38.8 Å². The highest BCUT2D eigenvalue weighted by atomic mass is 16.5. The van der Waals surface area contributed by atoms with E-state index >= 15 is 0 Å².